The van der Waals surface area contributed by atoms with E-state index in [1.165, 1.54) is 0 Å². The van der Waals surface area contributed by atoms with Crippen molar-refractivity contribution in [2.45, 2.75) is 0 Å². The Morgan fingerprint density at radius 1 is 1.04 bits per heavy atom. The van der Waals surface area contributed by atoms with Crippen molar-refractivity contribution in [3.8, 4) is 10.4 Å². The molecule has 0 bridgehead atoms. The zero-order valence-corrected chi connectivity index (χ0v) is 14.9. The van der Waals surface area contributed by atoms with Crippen LogP contribution in [-0.4, -0.2) is 5.91 Å². The number of thiophene rings is 1. The summed E-state index contributed by atoms with van der Waals surface area (Å²) in [6, 6.07) is 19.2. The van der Waals surface area contributed by atoms with Gasteiger partial charge in [0.05, 0.1) is 0 Å². The van der Waals surface area contributed by atoms with Gasteiger partial charge in [-0.25, -0.2) is 0 Å². The lowest BCUT2D eigenvalue weighted by molar-refractivity contribution is 0.0999. The first-order chi connectivity index (χ1) is 11.7. The highest BCUT2D eigenvalue weighted by atomic mass is 79.9. The quantitative estimate of drug-likeness (QED) is 0.448. The number of carbonyl (C=O) groups excluding carboxylic acids is 1. The van der Waals surface area contributed by atoms with Crippen LogP contribution in [0, 0.1) is 0 Å². The van der Waals surface area contributed by atoms with E-state index >= 15 is 0 Å². The summed E-state index contributed by atoms with van der Waals surface area (Å²) in [5.41, 5.74) is 2.46. The lowest BCUT2D eigenvalue weighted by Crippen LogP contribution is -2.11. The van der Waals surface area contributed by atoms with E-state index in [9.17, 15) is 4.79 Å². The second-order valence-corrected chi connectivity index (χ2v) is 7.13. The number of amides is 1. The monoisotopic (exact) mass is 397 g/mol. The minimum absolute atomic E-state index is 0.258. The average Bonchev–Trinajstić information content (AvgIpc) is 3.24. The van der Waals surface area contributed by atoms with Gasteiger partial charge in [0, 0.05) is 26.0 Å². The molecule has 5 heteroatoms. The summed E-state index contributed by atoms with van der Waals surface area (Å²) in [7, 11) is 0. The number of halogens is 1. The summed E-state index contributed by atoms with van der Waals surface area (Å²) in [5, 5.41) is 5.86. The number of carbonyl (C=O) groups is 1. The second-order valence-electron chi connectivity index (χ2n) is 5.27. The van der Waals surface area contributed by atoms with Crippen molar-refractivity contribution in [2.75, 3.05) is 5.32 Å². The highest BCUT2D eigenvalue weighted by molar-refractivity contribution is 9.10. The first-order valence-corrected chi connectivity index (χ1v) is 9.01. The van der Waals surface area contributed by atoms with Crippen molar-refractivity contribution in [3.63, 3.8) is 0 Å². The van der Waals surface area contributed by atoms with Gasteiger partial charge in [0.25, 0.3) is 5.91 Å². The lowest BCUT2D eigenvalue weighted by atomic mass is 10.1. The highest BCUT2D eigenvalue weighted by Gasteiger charge is 2.15. The van der Waals surface area contributed by atoms with Gasteiger partial charge in [-0.15, -0.1) is 11.3 Å². The molecule has 0 fully saturated rings. The Bertz CT molecular complexity index is 1020. The van der Waals surface area contributed by atoms with Gasteiger partial charge in [-0.3, -0.25) is 4.79 Å². The normalized spacial score (nSPS) is 10.9. The Kier molecular flexibility index (Phi) is 3.96. The molecule has 1 amide bonds. The predicted molar refractivity (Wildman–Crippen MR) is 102 cm³/mol. The van der Waals surface area contributed by atoms with Crippen molar-refractivity contribution < 1.29 is 9.21 Å². The van der Waals surface area contributed by atoms with Crippen molar-refractivity contribution in [3.05, 3.63) is 76.3 Å². The molecule has 118 valence electrons. The van der Waals surface area contributed by atoms with Crippen molar-refractivity contribution in [1.82, 2.24) is 0 Å². The number of para-hydroxylation sites is 1. The van der Waals surface area contributed by atoms with Crippen LogP contribution in [0.15, 0.2) is 74.9 Å². The molecule has 2 aromatic carbocycles. The van der Waals surface area contributed by atoms with Gasteiger partial charge < -0.3 is 9.73 Å². The van der Waals surface area contributed by atoms with E-state index in [0.717, 1.165) is 26.0 Å². The maximum atomic E-state index is 12.6. The van der Waals surface area contributed by atoms with Gasteiger partial charge in [-0.1, -0.05) is 40.2 Å². The third-order valence-electron chi connectivity index (χ3n) is 3.66. The summed E-state index contributed by atoms with van der Waals surface area (Å²) in [6.45, 7) is 0. The zero-order valence-electron chi connectivity index (χ0n) is 12.5. The number of rotatable bonds is 3. The number of furan rings is 1. The molecule has 0 atom stereocenters. The van der Waals surface area contributed by atoms with Crippen LogP contribution in [0.4, 0.5) is 5.69 Å². The maximum absolute atomic E-state index is 12.6. The fourth-order valence-corrected chi connectivity index (χ4v) is 3.69. The SMILES string of the molecule is O=C(Nc1ccccc1-c1cccs1)c1cc2cc(Br)ccc2o1. The topological polar surface area (TPSA) is 42.2 Å². The van der Waals surface area contributed by atoms with Crippen molar-refractivity contribution in [1.29, 1.82) is 0 Å². The van der Waals surface area contributed by atoms with E-state index in [0.29, 0.717) is 11.3 Å². The molecule has 0 unspecified atom stereocenters. The zero-order chi connectivity index (χ0) is 16.5. The summed E-state index contributed by atoms with van der Waals surface area (Å²) in [5.74, 6) is 0.0374. The number of benzene rings is 2. The molecule has 4 rings (SSSR count). The molecule has 0 saturated heterocycles. The van der Waals surface area contributed by atoms with Gasteiger partial charge in [-0.05, 0) is 41.8 Å². The summed E-state index contributed by atoms with van der Waals surface area (Å²) < 4.78 is 6.61. The van der Waals surface area contributed by atoms with Gasteiger partial charge in [-0.2, -0.15) is 0 Å². The van der Waals surface area contributed by atoms with Gasteiger partial charge in [0.1, 0.15) is 5.58 Å². The summed E-state index contributed by atoms with van der Waals surface area (Å²) in [4.78, 5) is 13.7. The average molecular weight is 398 g/mol. The van der Waals surface area contributed by atoms with E-state index in [1.807, 2.05) is 60.0 Å². The molecule has 4 aromatic rings. The summed E-state index contributed by atoms with van der Waals surface area (Å²) >= 11 is 5.06. The Hall–Kier alpha value is -2.37. The van der Waals surface area contributed by atoms with Crippen molar-refractivity contribution in [2.24, 2.45) is 0 Å². The molecule has 2 heterocycles. The first-order valence-electron chi connectivity index (χ1n) is 7.34. The number of hydrogen-bond acceptors (Lipinski definition) is 3. The third kappa shape index (κ3) is 2.88. The Morgan fingerprint density at radius 2 is 1.92 bits per heavy atom. The van der Waals surface area contributed by atoms with E-state index in [4.69, 9.17) is 4.42 Å². The third-order valence-corrected chi connectivity index (χ3v) is 5.06. The molecule has 3 nitrogen and oxygen atoms in total. The van der Waals surface area contributed by atoms with Gasteiger partial charge in [0.15, 0.2) is 5.76 Å². The molecule has 1 N–H and O–H groups in total. The van der Waals surface area contributed by atoms with Crippen LogP contribution in [0.1, 0.15) is 10.6 Å². The molecule has 2 aromatic heterocycles. The Balaban J connectivity index is 1.66. The van der Waals surface area contributed by atoms with Crippen LogP contribution in [0.25, 0.3) is 21.4 Å². The highest BCUT2D eigenvalue weighted by Crippen LogP contribution is 2.32. The molecular formula is C19H12BrNO2S. The molecule has 0 saturated carbocycles. The van der Waals surface area contributed by atoms with E-state index < -0.39 is 0 Å². The largest absolute Gasteiger partial charge is 0.451 e. The fourth-order valence-electron chi connectivity index (χ4n) is 2.55. The number of hydrogen-bond donors (Lipinski definition) is 1. The van der Waals surface area contributed by atoms with Crippen LogP contribution >= 0.6 is 27.3 Å². The standard InChI is InChI=1S/C19H12BrNO2S/c20-13-7-8-16-12(10-13)11-17(23-16)19(22)21-15-5-2-1-4-14(15)18-6-3-9-24-18/h1-11H,(H,21,22). The fraction of sp³-hybridized carbons (Fsp3) is 0. The van der Waals surface area contributed by atoms with Crippen LogP contribution in [0.3, 0.4) is 0 Å². The first kappa shape index (κ1) is 15.2. The Morgan fingerprint density at radius 3 is 2.75 bits per heavy atom. The minimum Gasteiger partial charge on any atom is -0.451 e. The van der Waals surface area contributed by atoms with E-state index in [1.54, 1.807) is 17.4 Å². The second kappa shape index (κ2) is 6.26. The van der Waals surface area contributed by atoms with Gasteiger partial charge >= 0.3 is 0 Å². The summed E-state index contributed by atoms with van der Waals surface area (Å²) in [6.07, 6.45) is 0. The molecular weight excluding hydrogens is 386 g/mol. The molecule has 0 aliphatic carbocycles. The molecule has 0 aliphatic rings. The molecule has 0 spiro atoms. The number of anilines is 1. The van der Waals surface area contributed by atoms with Crippen LogP contribution in [-0.2, 0) is 0 Å². The number of fused-ring (bicyclic) bond motifs is 1. The van der Waals surface area contributed by atoms with Crippen LogP contribution < -0.4 is 5.32 Å². The minimum atomic E-state index is -0.258. The van der Waals surface area contributed by atoms with Crippen LogP contribution in [0.2, 0.25) is 0 Å². The van der Waals surface area contributed by atoms with E-state index in [-0.39, 0.29) is 5.91 Å². The van der Waals surface area contributed by atoms with E-state index in [2.05, 4.69) is 21.2 Å². The van der Waals surface area contributed by atoms with Crippen LogP contribution in [0.5, 0.6) is 0 Å². The number of nitrogens with one attached hydrogen (secondary N) is 1. The lowest BCUT2D eigenvalue weighted by Gasteiger charge is -2.08. The Labute approximate surface area is 151 Å². The smallest absolute Gasteiger partial charge is 0.291 e. The predicted octanol–water partition coefficient (Wildman–Crippen LogP) is 6.18. The molecule has 24 heavy (non-hydrogen) atoms. The van der Waals surface area contributed by atoms with Gasteiger partial charge in [0.2, 0.25) is 0 Å². The molecule has 0 radical (unpaired) electrons. The molecule has 0 aliphatic heterocycles. The maximum Gasteiger partial charge on any atom is 0.291 e. The van der Waals surface area contributed by atoms with Crippen molar-refractivity contribution >= 4 is 49.8 Å².